The van der Waals surface area contributed by atoms with E-state index >= 15 is 0 Å². The molecule has 2 bridgehead atoms. The van der Waals surface area contributed by atoms with Crippen LogP contribution in [0.3, 0.4) is 0 Å². The quantitative estimate of drug-likeness (QED) is 0.794. The monoisotopic (exact) mass is 332 g/mol. The molecule has 2 aliphatic carbocycles. The number of rotatable bonds is 4. The summed E-state index contributed by atoms with van der Waals surface area (Å²) in [6.45, 7) is 5.63. The minimum Gasteiger partial charge on any atom is -0.339 e. The fourth-order valence-corrected chi connectivity index (χ4v) is 6.02. The fraction of sp³-hybridized carbons (Fsp3) is 0.900. The predicted octanol–water partition coefficient (Wildman–Crippen LogP) is 3.06. The molecular formula is C20H32N2O2. The summed E-state index contributed by atoms with van der Waals surface area (Å²) in [5.74, 6) is 3.11. The summed E-state index contributed by atoms with van der Waals surface area (Å²) in [4.78, 5) is 29.2. The van der Waals surface area contributed by atoms with Gasteiger partial charge in [-0.25, -0.2) is 0 Å². The highest BCUT2D eigenvalue weighted by Gasteiger charge is 2.44. The zero-order valence-corrected chi connectivity index (χ0v) is 15.2. The summed E-state index contributed by atoms with van der Waals surface area (Å²) in [6, 6.07) is 0.656. The Balaban J connectivity index is 1.38. The van der Waals surface area contributed by atoms with E-state index in [0.29, 0.717) is 19.0 Å². The van der Waals surface area contributed by atoms with Gasteiger partial charge in [0.1, 0.15) is 0 Å². The van der Waals surface area contributed by atoms with E-state index in [1.165, 1.54) is 38.5 Å². The smallest absolute Gasteiger partial charge is 0.228 e. The molecule has 4 rings (SSSR count). The lowest BCUT2D eigenvalue weighted by Crippen LogP contribution is -2.42. The van der Waals surface area contributed by atoms with Crippen LogP contribution in [0.4, 0.5) is 0 Å². The van der Waals surface area contributed by atoms with Crippen molar-refractivity contribution in [3.63, 3.8) is 0 Å². The number of carbonyl (C=O) groups is 2. The van der Waals surface area contributed by atoms with Crippen LogP contribution in [0.5, 0.6) is 0 Å². The zero-order chi connectivity index (χ0) is 16.8. The van der Waals surface area contributed by atoms with Crippen LogP contribution in [0.25, 0.3) is 0 Å². The van der Waals surface area contributed by atoms with Gasteiger partial charge in [-0.1, -0.05) is 6.42 Å². The molecule has 0 radical (unpaired) electrons. The van der Waals surface area contributed by atoms with Crippen molar-refractivity contribution in [2.45, 2.75) is 77.3 Å². The van der Waals surface area contributed by atoms with Gasteiger partial charge in [0.15, 0.2) is 0 Å². The van der Waals surface area contributed by atoms with Gasteiger partial charge in [0, 0.05) is 31.6 Å². The molecule has 0 unspecified atom stereocenters. The molecule has 2 amide bonds. The van der Waals surface area contributed by atoms with Crippen LogP contribution in [-0.4, -0.2) is 46.8 Å². The summed E-state index contributed by atoms with van der Waals surface area (Å²) in [5.41, 5.74) is 0. The number of hydrogen-bond donors (Lipinski definition) is 0. The van der Waals surface area contributed by atoms with Crippen LogP contribution in [0, 0.1) is 23.7 Å². The maximum atomic E-state index is 13.1. The van der Waals surface area contributed by atoms with Crippen molar-refractivity contribution in [1.82, 2.24) is 9.80 Å². The number of amides is 2. The predicted molar refractivity (Wildman–Crippen MR) is 93.2 cm³/mol. The summed E-state index contributed by atoms with van der Waals surface area (Å²) < 4.78 is 0. The number of carbonyl (C=O) groups excluding carboxylic acids is 2. The van der Waals surface area contributed by atoms with E-state index in [-0.39, 0.29) is 23.8 Å². The lowest BCUT2D eigenvalue weighted by Gasteiger charge is -2.32. The molecule has 2 saturated heterocycles. The first-order valence-electron chi connectivity index (χ1n) is 10.1. The number of likely N-dealkylation sites (tertiary alicyclic amines) is 2. The SMILES string of the molecule is CC(C)N1C[C@H](C(=O)N2CCC[C@H]2C[C@H]2C[C@H]3CC[C@H]2C3)CC1=O. The maximum Gasteiger partial charge on any atom is 0.228 e. The second-order valence-electron chi connectivity index (χ2n) is 9.04. The van der Waals surface area contributed by atoms with Crippen molar-refractivity contribution in [2.24, 2.45) is 23.7 Å². The molecule has 0 N–H and O–H groups in total. The van der Waals surface area contributed by atoms with Gasteiger partial charge < -0.3 is 9.80 Å². The number of fused-ring (bicyclic) bond motifs is 2. The van der Waals surface area contributed by atoms with Crippen LogP contribution in [-0.2, 0) is 9.59 Å². The van der Waals surface area contributed by atoms with Crippen molar-refractivity contribution in [1.29, 1.82) is 0 Å². The Morgan fingerprint density at radius 1 is 1.21 bits per heavy atom. The van der Waals surface area contributed by atoms with Crippen LogP contribution < -0.4 is 0 Å². The third-order valence-corrected chi connectivity index (χ3v) is 7.25. The van der Waals surface area contributed by atoms with E-state index in [4.69, 9.17) is 0 Å². The van der Waals surface area contributed by atoms with E-state index in [1.807, 2.05) is 18.7 Å². The summed E-state index contributed by atoms with van der Waals surface area (Å²) in [7, 11) is 0. The van der Waals surface area contributed by atoms with E-state index in [1.54, 1.807) is 0 Å². The summed E-state index contributed by atoms with van der Waals surface area (Å²) in [5, 5.41) is 0. The van der Waals surface area contributed by atoms with Crippen molar-refractivity contribution >= 4 is 11.8 Å². The van der Waals surface area contributed by atoms with Crippen molar-refractivity contribution < 1.29 is 9.59 Å². The van der Waals surface area contributed by atoms with Crippen LogP contribution in [0.15, 0.2) is 0 Å². The molecule has 0 aromatic heterocycles. The van der Waals surface area contributed by atoms with Gasteiger partial charge in [0.25, 0.3) is 0 Å². The minimum atomic E-state index is -0.0967. The summed E-state index contributed by atoms with van der Waals surface area (Å²) >= 11 is 0. The van der Waals surface area contributed by atoms with E-state index in [9.17, 15) is 9.59 Å². The number of hydrogen-bond acceptors (Lipinski definition) is 2. The molecule has 4 aliphatic rings. The van der Waals surface area contributed by atoms with Gasteiger partial charge in [0.2, 0.25) is 11.8 Å². The van der Waals surface area contributed by atoms with Crippen LogP contribution >= 0.6 is 0 Å². The molecule has 2 aliphatic heterocycles. The molecular weight excluding hydrogens is 300 g/mol. The average Bonchev–Trinajstić information content (AvgIpc) is 3.29. The molecule has 134 valence electrons. The lowest BCUT2D eigenvalue weighted by atomic mass is 9.83. The Bertz CT molecular complexity index is 518. The molecule has 0 spiro atoms. The molecule has 2 saturated carbocycles. The zero-order valence-electron chi connectivity index (χ0n) is 15.2. The molecule has 4 heteroatoms. The third kappa shape index (κ3) is 2.86. The fourth-order valence-electron chi connectivity index (χ4n) is 6.02. The van der Waals surface area contributed by atoms with Crippen LogP contribution in [0.2, 0.25) is 0 Å². The molecule has 24 heavy (non-hydrogen) atoms. The Labute approximate surface area is 145 Å². The van der Waals surface area contributed by atoms with Crippen molar-refractivity contribution in [2.75, 3.05) is 13.1 Å². The van der Waals surface area contributed by atoms with Crippen molar-refractivity contribution in [3.8, 4) is 0 Å². The van der Waals surface area contributed by atoms with E-state index in [2.05, 4.69) is 4.90 Å². The van der Waals surface area contributed by atoms with Gasteiger partial charge in [-0.2, -0.15) is 0 Å². The maximum absolute atomic E-state index is 13.1. The third-order valence-electron chi connectivity index (χ3n) is 7.25. The van der Waals surface area contributed by atoms with Gasteiger partial charge >= 0.3 is 0 Å². The highest BCUT2D eigenvalue weighted by molar-refractivity contribution is 5.89. The van der Waals surface area contributed by atoms with E-state index < -0.39 is 0 Å². The van der Waals surface area contributed by atoms with Gasteiger partial charge in [-0.15, -0.1) is 0 Å². The first-order chi connectivity index (χ1) is 11.5. The second-order valence-corrected chi connectivity index (χ2v) is 9.04. The standard InChI is InChI=1S/C20H32N2O2/c1-13(2)22-12-17(11-19(22)23)20(24)21-7-3-4-18(21)10-16-9-14-5-6-15(16)8-14/h13-18H,3-12H2,1-2H3/t14-,15-,16+,17+,18-/m0/s1. The van der Waals surface area contributed by atoms with Crippen molar-refractivity contribution in [3.05, 3.63) is 0 Å². The van der Waals surface area contributed by atoms with E-state index in [0.717, 1.165) is 30.7 Å². The summed E-state index contributed by atoms with van der Waals surface area (Å²) in [6.07, 6.45) is 9.70. The molecule has 4 fully saturated rings. The molecule has 0 aromatic rings. The largest absolute Gasteiger partial charge is 0.339 e. The molecule has 2 heterocycles. The van der Waals surface area contributed by atoms with Crippen LogP contribution in [0.1, 0.15) is 65.2 Å². The Hall–Kier alpha value is -1.06. The first kappa shape index (κ1) is 16.4. The number of nitrogens with zero attached hydrogens (tertiary/aromatic N) is 2. The highest BCUT2D eigenvalue weighted by Crippen LogP contribution is 2.50. The normalized spacial score (nSPS) is 38.8. The average molecular weight is 332 g/mol. The Kier molecular flexibility index (Phi) is 4.34. The Morgan fingerprint density at radius 3 is 2.67 bits per heavy atom. The van der Waals surface area contributed by atoms with Gasteiger partial charge in [-0.05, 0) is 70.1 Å². The molecule has 5 atom stereocenters. The highest BCUT2D eigenvalue weighted by atomic mass is 16.2. The second kappa shape index (κ2) is 6.34. The van der Waals surface area contributed by atoms with Gasteiger partial charge in [0.05, 0.1) is 5.92 Å². The topological polar surface area (TPSA) is 40.6 Å². The van der Waals surface area contributed by atoms with Gasteiger partial charge in [-0.3, -0.25) is 9.59 Å². The lowest BCUT2D eigenvalue weighted by molar-refractivity contribution is -0.137. The minimum absolute atomic E-state index is 0.0967. The molecule has 0 aromatic carbocycles. The first-order valence-corrected chi connectivity index (χ1v) is 10.1. The Morgan fingerprint density at radius 2 is 2.04 bits per heavy atom. The molecule has 4 nitrogen and oxygen atoms in total.